The summed E-state index contributed by atoms with van der Waals surface area (Å²) in [6.07, 6.45) is 0.409. The van der Waals surface area contributed by atoms with Crippen LogP contribution in [0.5, 0.6) is 0 Å². The largest absolute Gasteiger partial charge is 0.378 e. The average molecular weight is 303 g/mol. The van der Waals surface area contributed by atoms with Crippen molar-refractivity contribution in [2.75, 3.05) is 26.8 Å². The molecule has 1 aromatic rings. The van der Waals surface area contributed by atoms with E-state index < -0.39 is 0 Å². The van der Waals surface area contributed by atoms with E-state index in [-0.39, 0.29) is 30.2 Å². The Balaban J connectivity index is 0.00000200. The molecule has 1 atom stereocenters. The molecule has 1 aliphatic heterocycles. The van der Waals surface area contributed by atoms with Crippen LogP contribution >= 0.6 is 12.4 Å². The molecule has 1 unspecified atom stereocenters. The van der Waals surface area contributed by atoms with Gasteiger partial charge in [-0.2, -0.15) is 0 Å². The van der Waals surface area contributed by atoms with E-state index in [0.717, 1.165) is 12.1 Å². The lowest BCUT2D eigenvalue weighted by Crippen LogP contribution is -2.44. The van der Waals surface area contributed by atoms with Crippen LogP contribution in [0, 0.1) is 5.82 Å². The molecule has 1 aliphatic rings. The van der Waals surface area contributed by atoms with E-state index in [1.54, 1.807) is 18.0 Å². The van der Waals surface area contributed by atoms with Crippen molar-refractivity contribution in [3.63, 3.8) is 0 Å². The maximum atomic E-state index is 13.1. The third kappa shape index (κ3) is 5.07. The second-order valence-electron chi connectivity index (χ2n) is 4.81. The number of carbonyl (C=O) groups is 1. The van der Waals surface area contributed by atoms with Crippen LogP contribution in [-0.2, 0) is 16.1 Å². The molecule has 1 fully saturated rings. The standard InChI is InChI=1S/C14H19FN2O2.ClH/c1-17(9-11-3-2-4-12(15)7-11)14(18)8-13-10-19-6-5-16-13;/h2-4,7,13,16H,5-6,8-10H2,1H3;1H. The Labute approximate surface area is 124 Å². The average Bonchev–Trinajstić information content (AvgIpc) is 2.40. The van der Waals surface area contributed by atoms with Gasteiger partial charge >= 0.3 is 0 Å². The molecular formula is C14H20ClFN2O2. The number of ether oxygens (including phenoxy) is 1. The number of halogens is 2. The smallest absolute Gasteiger partial charge is 0.224 e. The summed E-state index contributed by atoms with van der Waals surface area (Å²) in [6, 6.07) is 6.39. The number of benzene rings is 1. The summed E-state index contributed by atoms with van der Waals surface area (Å²) in [6.45, 7) is 2.47. The molecular weight excluding hydrogens is 283 g/mol. The summed E-state index contributed by atoms with van der Waals surface area (Å²) < 4.78 is 18.4. The van der Waals surface area contributed by atoms with E-state index in [1.807, 2.05) is 6.07 Å². The van der Waals surface area contributed by atoms with Gasteiger partial charge in [-0.25, -0.2) is 4.39 Å². The van der Waals surface area contributed by atoms with E-state index in [2.05, 4.69) is 5.32 Å². The molecule has 0 radical (unpaired) electrons. The molecule has 0 bridgehead atoms. The van der Waals surface area contributed by atoms with Crippen molar-refractivity contribution in [2.45, 2.75) is 19.0 Å². The first kappa shape index (κ1) is 16.9. The Morgan fingerprint density at radius 2 is 2.35 bits per heavy atom. The van der Waals surface area contributed by atoms with E-state index in [0.29, 0.717) is 26.2 Å². The highest BCUT2D eigenvalue weighted by molar-refractivity contribution is 5.85. The summed E-state index contributed by atoms with van der Waals surface area (Å²) in [5, 5.41) is 3.25. The highest BCUT2D eigenvalue weighted by atomic mass is 35.5. The molecule has 0 aliphatic carbocycles. The van der Waals surface area contributed by atoms with Crippen molar-refractivity contribution in [1.29, 1.82) is 0 Å². The van der Waals surface area contributed by atoms with Gasteiger partial charge in [0.25, 0.3) is 0 Å². The zero-order valence-electron chi connectivity index (χ0n) is 11.5. The number of hydrogen-bond donors (Lipinski definition) is 1. The zero-order valence-corrected chi connectivity index (χ0v) is 12.3. The maximum absolute atomic E-state index is 13.1. The molecule has 1 aromatic carbocycles. The monoisotopic (exact) mass is 302 g/mol. The Hall–Kier alpha value is -1.17. The van der Waals surface area contributed by atoms with Crippen LogP contribution in [0.4, 0.5) is 4.39 Å². The number of amides is 1. The first-order chi connectivity index (χ1) is 9.15. The van der Waals surface area contributed by atoms with Gasteiger partial charge in [0, 0.05) is 32.6 Å². The summed E-state index contributed by atoms with van der Waals surface area (Å²) in [5.41, 5.74) is 0.795. The highest BCUT2D eigenvalue weighted by Crippen LogP contribution is 2.08. The summed E-state index contributed by atoms with van der Waals surface area (Å²) >= 11 is 0. The second kappa shape index (κ2) is 8.19. The molecule has 112 valence electrons. The van der Waals surface area contributed by atoms with Crippen LogP contribution in [-0.4, -0.2) is 43.7 Å². The molecule has 1 heterocycles. The molecule has 0 spiro atoms. The van der Waals surface area contributed by atoms with Gasteiger partial charge in [-0.3, -0.25) is 4.79 Å². The maximum Gasteiger partial charge on any atom is 0.224 e. The topological polar surface area (TPSA) is 41.6 Å². The van der Waals surface area contributed by atoms with E-state index in [4.69, 9.17) is 4.74 Å². The van der Waals surface area contributed by atoms with Gasteiger partial charge in [-0.05, 0) is 17.7 Å². The number of carbonyl (C=O) groups excluding carboxylic acids is 1. The third-order valence-electron chi connectivity index (χ3n) is 3.15. The predicted molar refractivity (Wildman–Crippen MR) is 77.3 cm³/mol. The molecule has 0 aromatic heterocycles. The van der Waals surface area contributed by atoms with Crippen molar-refractivity contribution in [1.82, 2.24) is 10.2 Å². The first-order valence-electron chi connectivity index (χ1n) is 6.44. The molecule has 1 saturated heterocycles. The number of hydrogen-bond acceptors (Lipinski definition) is 3. The second-order valence-corrected chi connectivity index (χ2v) is 4.81. The number of nitrogens with zero attached hydrogens (tertiary/aromatic N) is 1. The minimum Gasteiger partial charge on any atom is -0.378 e. The molecule has 20 heavy (non-hydrogen) atoms. The van der Waals surface area contributed by atoms with Crippen LogP contribution in [0.25, 0.3) is 0 Å². The Morgan fingerprint density at radius 3 is 3.00 bits per heavy atom. The van der Waals surface area contributed by atoms with Gasteiger partial charge in [0.2, 0.25) is 5.91 Å². The third-order valence-corrected chi connectivity index (χ3v) is 3.15. The van der Waals surface area contributed by atoms with Crippen LogP contribution in [0.2, 0.25) is 0 Å². The number of rotatable bonds is 4. The normalized spacial score (nSPS) is 18.2. The quantitative estimate of drug-likeness (QED) is 0.918. The van der Waals surface area contributed by atoms with Crippen molar-refractivity contribution < 1.29 is 13.9 Å². The Morgan fingerprint density at radius 1 is 1.55 bits per heavy atom. The van der Waals surface area contributed by atoms with Crippen LogP contribution in [0.3, 0.4) is 0 Å². The lowest BCUT2D eigenvalue weighted by atomic mass is 10.1. The van der Waals surface area contributed by atoms with Crippen LogP contribution < -0.4 is 5.32 Å². The predicted octanol–water partition coefficient (Wildman–Crippen LogP) is 1.58. The molecule has 0 saturated carbocycles. The fraction of sp³-hybridized carbons (Fsp3) is 0.500. The van der Waals surface area contributed by atoms with Gasteiger partial charge in [-0.1, -0.05) is 12.1 Å². The van der Waals surface area contributed by atoms with Crippen molar-refractivity contribution in [3.05, 3.63) is 35.6 Å². The van der Waals surface area contributed by atoms with Gasteiger partial charge in [-0.15, -0.1) is 12.4 Å². The van der Waals surface area contributed by atoms with E-state index in [1.165, 1.54) is 12.1 Å². The van der Waals surface area contributed by atoms with Gasteiger partial charge < -0.3 is 15.0 Å². The lowest BCUT2D eigenvalue weighted by Gasteiger charge is -2.25. The Bertz CT molecular complexity index is 439. The molecule has 4 nitrogen and oxygen atoms in total. The number of morpholine rings is 1. The minimum absolute atomic E-state index is 0. The lowest BCUT2D eigenvalue weighted by molar-refractivity contribution is -0.131. The Kier molecular flexibility index (Phi) is 6.91. The molecule has 6 heteroatoms. The summed E-state index contributed by atoms with van der Waals surface area (Å²) in [4.78, 5) is 13.7. The molecule has 1 N–H and O–H groups in total. The van der Waals surface area contributed by atoms with Crippen molar-refractivity contribution >= 4 is 18.3 Å². The first-order valence-corrected chi connectivity index (χ1v) is 6.44. The van der Waals surface area contributed by atoms with E-state index in [9.17, 15) is 9.18 Å². The fourth-order valence-electron chi connectivity index (χ4n) is 2.11. The number of nitrogens with one attached hydrogen (secondary N) is 1. The zero-order chi connectivity index (χ0) is 13.7. The van der Waals surface area contributed by atoms with Crippen molar-refractivity contribution in [3.8, 4) is 0 Å². The van der Waals surface area contributed by atoms with Crippen LogP contribution in [0.1, 0.15) is 12.0 Å². The van der Waals surface area contributed by atoms with Gasteiger partial charge in [0.1, 0.15) is 5.82 Å². The molecule has 1 amide bonds. The van der Waals surface area contributed by atoms with Crippen molar-refractivity contribution in [2.24, 2.45) is 0 Å². The summed E-state index contributed by atoms with van der Waals surface area (Å²) in [7, 11) is 1.73. The van der Waals surface area contributed by atoms with E-state index >= 15 is 0 Å². The minimum atomic E-state index is -0.277. The summed E-state index contributed by atoms with van der Waals surface area (Å²) in [5.74, 6) is -0.243. The van der Waals surface area contributed by atoms with Gasteiger partial charge in [0.15, 0.2) is 0 Å². The SMILES string of the molecule is CN(Cc1cccc(F)c1)C(=O)CC1COCCN1.Cl. The highest BCUT2D eigenvalue weighted by Gasteiger charge is 2.19. The fourth-order valence-corrected chi connectivity index (χ4v) is 2.11. The van der Waals surface area contributed by atoms with Gasteiger partial charge in [0.05, 0.1) is 13.2 Å². The van der Waals surface area contributed by atoms with Crippen LogP contribution in [0.15, 0.2) is 24.3 Å². The molecule has 2 rings (SSSR count).